The van der Waals surface area contributed by atoms with Gasteiger partial charge in [-0.1, -0.05) is 53.7 Å². The number of amides is 1. The molecule has 31 heavy (non-hydrogen) atoms. The zero-order valence-electron chi connectivity index (χ0n) is 17.6. The van der Waals surface area contributed by atoms with Crippen molar-refractivity contribution in [2.45, 2.75) is 20.0 Å². The van der Waals surface area contributed by atoms with Gasteiger partial charge in [0, 0.05) is 49.7 Å². The number of nitrogens with zero attached hydrogens (tertiary/aromatic N) is 5. The summed E-state index contributed by atoms with van der Waals surface area (Å²) in [6.45, 7) is 5.79. The number of rotatable bonds is 5. The first kappa shape index (κ1) is 19.5. The monoisotopic (exact) mass is 415 g/mol. The van der Waals surface area contributed by atoms with Crippen LogP contribution in [0.5, 0.6) is 0 Å². The van der Waals surface area contributed by atoms with Gasteiger partial charge in [0.15, 0.2) is 5.82 Å². The molecule has 7 heteroatoms. The fourth-order valence-corrected chi connectivity index (χ4v) is 4.22. The Morgan fingerprint density at radius 2 is 1.74 bits per heavy atom. The molecule has 4 aromatic rings. The van der Waals surface area contributed by atoms with Gasteiger partial charge < -0.3 is 14.0 Å². The van der Waals surface area contributed by atoms with Crippen LogP contribution in [-0.4, -0.2) is 56.6 Å². The highest BCUT2D eigenvalue weighted by Crippen LogP contribution is 2.28. The highest BCUT2D eigenvalue weighted by atomic mass is 16.5. The van der Waals surface area contributed by atoms with Crippen molar-refractivity contribution in [1.29, 1.82) is 0 Å². The SMILES string of the molecule is Cc1nc(CN2CCN(C(=O)Cn3c(-c4ccccc4)cc4ccccc43)CC2)no1. The first-order chi connectivity index (χ1) is 15.2. The lowest BCUT2D eigenvalue weighted by atomic mass is 10.1. The van der Waals surface area contributed by atoms with Crippen molar-refractivity contribution in [3.05, 3.63) is 72.4 Å². The Balaban J connectivity index is 1.31. The Labute approximate surface area is 180 Å². The maximum Gasteiger partial charge on any atom is 0.242 e. The summed E-state index contributed by atoms with van der Waals surface area (Å²) in [5.41, 5.74) is 3.27. The van der Waals surface area contributed by atoms with Gasteiger partial charge in [0.2, 0.25) is 11.8 Å². The van der Waals surface area contributed by atoms with Gasteiger partial charge in [-0.2, -0.15) is 4.98 Å². The normalized spacial score (nSPS) is 14.9. The summed E-state index contributed by atoms with van der Waals surface area (Å²) in [6, 6.07) is 20.7. The number of fused-ring (bicyclic) bond motifs is 1. The third kappa shape index (κ3) is 4.09. The summed E-state index contributed by atoms with van der Waals surface area (Å²) in [5.74, 6) is 1.43. The van der Waals surface area contributed by atoms with E-state index in [4.69, 9.17) is 4.52 Å². The number of benzene rings is 2. The molecule has 0 saturated carbocycles. The molecule has 1 amide bonds. The molecule has 1 aliphatic rings. The number of hydrogen-bond donors (Lipinski definition) is 0. The topological polar surface area (TPSA) is 67.4 Å². The third-order valence-electron chi connectivity index (χ3n) is 5.83. The zero-order chi connectivity index (χ0) is 21.2. The van der Waals surface area contributed by atoms with Gasteiger partial charge in [0.1, 0.15) is 6.54 Å². The molecule has 0 atom stereocenters. The Kier molecular flexibility index (Phi) is 5.26. The van der Waals surface area contributed by atoms with Gasteiger partial charge in [-0.3, -0.25) is 9.69 Å². The second-order valence-corrected chi connectivity index (χ2v) is 7.93. The second kappa shape index (κ2) is 8.35. The van der Waals surface area contributed by atoms with Crippen LogP contribution in [0.15, 0.2) is 65.2 Å². The van der Waals surface area contributed by atoms with E-state index in [2.05, 4.69) is 49.9 Å². The van der Waals surface area contributed by atoms with E-state index < -0.39 is 0 Å². The largest absolute Gasteiger partial charge is 0.340 e. The van der Waals surface area contributed by atoms with E-state index in [1.165, 1.54) is 0 Å². The lowest BCUT2D eigenvalue weighted by molar-refractivity contribution is -0.133. The van der Waals surface area contributed by atoms with Gasteiger partial charge in [0.05, 0.1) is 6.54 Å². The molecule has 1 fully saturated rings. The van der Waals surface area contributed by atoms with E-state index in [1.807, 2.05) is 35.2 Å². The van der Waals surface area contributed by atoms with Crippen LogP contribution in [0, 0.1) is 6.92 Å². The summed E-state index contributed by atoms with van der Waals surface area (Å²) >= 11 is 0. The van der Waals surface area contributed by atoms with Crippen molar-refractivity contribution in [3.63, 3.8) is 0 Å². The molecule has 0 spiro atoms. The fourth-order valence-electron chi connectivity index (χ4n) is 4.22. The molecule has 1 aliphatic heterocycles. The number of para-hydroxylation sites is 1. The Morgan fingerprint density at radius 3 is 2.48 bits per heavy atom. The Morgan fingerprint density at radius 1 is 1.00 bits per heavy atom. The molecule has 0 N–H and O–H groups in total. The first-order valence-corrected chi connectivity index (χ1v) is 10.6. The Hall–Kier alpha value is -3.45. The summed E-state index contributed by atoms with van der Waals surface area (Å²) in [5, 5.41) is 5.12. The van der Waals surface area contributed by atoms with Crippen LogP contribution in [0.25, 0.3) is 22.2 Å². The number of carbonyl (C=O) groups is 1. The highest BCUT2D eigenvalue weighted by molar-refractivity contribution is 5.89. The van der Waals surface area contributed by atoms with Crippen LogP contribution in [0.3, 0.4) is 0 Å². The molecule has 158 valence electrons. The standard InChI is InChI=1S/C24H25N5O2/c1-18-25-23(26-31-18)16-27-11-13-28(14-12-27)24(30)17-29-21-10-6-5-9-20(21)15-22(29)19-7-3-2-4-8-19/h2-10,15H,11-14,16-17H2,1H3. The van der Waals surface area contributed by atoms with Crippen molar-refractivity contribution in [2.24, 2.45) is 0 Å². The number of aryl methyl sites for hydroxylation is 1. The summed E-state index contributed by atoms with van der Waals surface area (Å²) in [7, 11) is 0. The molecule has 5 rings (SSSR count). The minimum Gasteiger partial charge on any atom is -0.340 e. The molecule has 0 unspecified atom stereocenters. The van der Waals surface area contributed by atoms with Crippen LogP contribution in [-0.2, 0) is 17.9 Å². The predicted octanol–water partition coefficient (Wildman–Crippen LogP) is 3.34. The minimum absolute atomic E-state index is 0.147. The molecule has 3 heterocycles. The summed E-state index contributed by atoms with van der Waals surface area (Å²) < 4.78 is 7.19. The van der Waals surface area contributed by atoms with Crippen LogP contribution in [0.1, 0.15) is 11.7 Å². The molecule has 2 aromatic heterocycles. The van der Waals surface area contributed by atoms with Gasteiger partial charge >= 0.3 is 0 Å². The van der Waals surface area contributed by atoms with E-state index in [-0.39, 0.29) is 5.91 Å². The molecule has 7 nitrogen and oxygen atoms in total. The van der Waals surface area contributed by atoms with E-state index in [0.29, 0.717) is 37.9 Å². The lowest BCUT2D eigenvalue weighted by Crippen LogP contribution is -2.49. The van der Waals surface area contributed by atoms with Crippen molar-refractivity contribution in [1.82, 2.24) is 24.5 Å². The van der Waals surface area contributed by atoms with Gasteiger partial charge in [-0.05, 0) is 17.7 Å². The van der Waals surface area contributed by atoms with Crippen LogP contribution in [0.2, 0.25) is 0 Å². The zero-order valence-corrected chi connectivity index (χ0v) is 17.6. The molecule has 0 radical (unpaired) electrons. The van der Waals surface area contributed by atoms with Crippen LogP contribution < -0.4 is 0 Å². The van der Waals surface area contributed by atoms with Gasteiger partial charge in [-0.15, -0.1) is 0 Å². The fraction of sp³-hybridized carbons (Fsp3) is 0.292. The van der Waals surface area contributed by atoms with Crippen molar-refractivity contribution >= 4 is 16.8 Å². The maximum atomic E-state index is 13.2. The van der Waals surface area contributed by atoms with Crippen LogP contribution in [0.4, 0.5) is 0 Å². The second-order valence-electron chi connectivity index (χ2n) is 7.93. The first-order valence-electron chi connectivity index (χ1n) is 10.6. The molecule has 2 aromatic carbocycles. The van der Waals surface area contributed by atoms with E-state index in [9.17, 15) is 4.79 Å². The molecular weight excluding hydrogens is 390 g/mol. The van der Waals surface area contributed by atoms with E-state index in [1.54, 1.807) is 6.92 Å². The highest BCUT2D eigenvalue weighted by Gasteiger charge is 2.23. The molecule has 1 saturated heterocycles. The lowest BCUT2D eigenvalue weighted by Gasteiger charge is -2.34. The average molecular weight is 415 g/mol. The van der Waals surface area contributed by atoms with E-state index in [0.717, 1.165) is 35.2 Å². The number of carbonyl (C=O) groups excluding carboxylic acids is 1. The minimum atomic E-state index is 0.147. The summed E-state index contributed by atoms with van der Waals surface area (Å²) in [4.78, 5) is 21.7. The van der Waals surface area contributed by atoms with E-state index >= 15 is 0 Å². The quantitative estimate of drug-likeness (QED) is 0.500. The Bertz CT molecular complexity index is 1190. The number of piperazine rings is 1. The van der Waals surface area contributed by atoms with Crippen LogP contribution >= 0.6 is 0 Å². The van der Waals surface area contributed by atoms with Gasteiger partial charge in [0.25, 0.3) is 0 Å². The van der Waals surface area contributed by atoms with Crippen molar-refractivity contribution in [2.75, 3.05) is 26.2 Å². The molecule has 0 bridgehead atoms. The maximum absolute atomic E-state index is 13.2. The smallest absolute Gasteiger partial charge is 0.242 e. The molecular formula is C24H25N5O2. The number of hydrogen-bond acceptors (Lipinski definition) is 5. The summed E-state index contributed by atoms with van der Waals surface area (Å²) in [6.07, 6.45) is 0. The number of aromatic nitrogens is 3. The van der Waals surface area contributed by atoms with Crippen molar-refractivity contribution < 1.29 is 9.32 Å². The third-order valence-corrected chi connectivity index (χ3v) is 5.83. The van der Waals surface area contributed by atoms with Crippen molar-refractivity contribution in [3.8, 4) is 11.3 Å². The predicted molar refractivity (Wildman–Crippen MR) is 118 cm³/mol. The molecule has 0 aliphatic carbocycles. The average Bonchev–Trinajstić information content (AvgIpc) is 3.38. The van der Waals surface area contributed by atoms with Gasteiger partial charge in [-0.25, -0.2) is 0 Å².